The Kier molecular flexibility index (Phi) is 3.43. The molecule has 1 rings (SSSR count). The van der Waals surface area contributed by atoms with Crippen molar-refractivity contribution in [3.05, 3.63) is 35.2 Å². The zero-order valence-electron chi connectivity index (χ0n) is 7.99. The van der Waals surface area contributed by atoms with Crippen LogP contribution in [-0.2, 0) is 0 Å². The number of methoxy groups -OCH3 is 1. The fourth-order valence-corrected chi connectivity index (χ4v) is 0.997. The molecule has 0 bridgehead atoms. The van der Waals surface area contributed by atoms with Gasteiger partial charge in [-0.3, -0.25) is 0 Å². The molecule has 15 heavy (non-hydrogen) atoms. The molecule has 0 aliphatic heterocycles. The van der Waals surface area contributed by atoms with E-state index in [-0.39, 0.29) is 11.1 Å². The molecule has 0 atom stereocenters. The van der Waals surface area contributed by atoms with Crippen LogP contribution in [0, 0.1) is 28.5 Å². The van der Waals surface area contributed by atoms with Crippen molar-refractivity contribution in [2.24, 2.45) is 0 Å². The van der Waals surface area contributed by atoms with Gasteiger partial charge in [-0.1, -0.05) is 0 Å². The van der Waals surface area contributed by atoms with Crippen molar-refractivity contribution in [2.75, 3.05) is 7.11 Å². The highest BCUT2D eigenvalue weighted by Crippen LogP contribution is 2.18. The second-order valence-electron chi connectivity index (χ2n) is 2.67. The number of rotatable bonds is 2. The van der Waals surface area contributed by atoms with E-state index in [4.69, 9.17) is 15.3 Å². The van der Waals surface area contributed by atoms with E-state index in [0.717, 1.165) is 0 Å². The van der Waals surface area contributed by atoms with Gasteiger partial charge in [0.05, 0.1) is 7.11 Å². The molecule has 0 fully saturated rings. The van der Waals surface area contributed by atoms with Gasteiger partial charge < -0.3 is 4.74 Å². The number of ether oxygens (including phenoxy) is 1. The number of halogens is 1. The van der Waals surface area contributed by atoms with Crippen molar-refractivity contribution < 1.29 is 9.13 Å². The summed E-state index contributed by atoms with van der Waals surface area (Å²) in [6.45, 7) is 0. The zero-order valence-corrected chi connectivity index (χ0v) is 7.99. The molecule has 0 radical (unpaired) electrons. The van der Waals surface area contributed by atoms with E-state index < -0.39 is 5.82 Å². The molecule has 0 spiro atoms. The van der Waals surface area contributed by atoms with Crippen LogP contribution >= 0.6 is 0 Å². The van der Waals surface area contributed by atoms with Gasteiger partial charge in [-0.2, -0.15) is 10.5 Å². The lowest BCUT2D eigenvalue weighted by Crippen LogP contribution is -1.87. The minimum Gasteiger partial charge on any atom is -0.497 e. The van der Waals surface area contributed by atoms with Gasteiger partial charge in [0.15, 0.2) is 0 Å². The Morgan fingerprint density at radius 1 is 1.40 bits per heavy atom. The topological polar surface area (TPSA) is 56.8 Å². The quantitative estimate of drug-likeness (QED) is 0.691. The Morgan fingerprint density at radius 3 is 2.53 bits per heavy atom. The van der Waals surface area contributed by atoms with E-state index in [1.807, 2.05) is 0 Å². The number of nitriles is 2. The summed E-state index contributed by atoms with van der Waals surface area (Å²) in [7, 11) is 1.43. The van der Waals surface area contributed by atoms with Crippen molar-refractivity contribution in [2.45, 2.75) is 0 Å². The summed E-state index contributed by atoms with van der Waals surface area (Å²) in [6.07, 6.45) is 1.19. The SMILES string of the molecule is COc1ccc(C=C(C#N)C#N)c(F)c1. The number of allylic oxidation sites excluding steroid dienone is 1. The lowest BCUT2D eigenvalue weighted by Gasteiger charge is -2.01. The van der Waals surface area contributed by atoms with Crippen LogP contribution in [0.1, 0.15) is 5.56 Å². The summed E-state index contributed by atoms with van der Waals surface area (Å²) >= 11 is 0. The average molecular weight is 202 g/mol. The van der Waals surface area contributed by atoms with Crippen molar-refractivity contribution >= 4 is 6.08 Å². The van der Waals surface area contributed by atoms with Crippen molar-refractivity contribution in [3.8, 4) is 17.9 Å². The van der Waals surface area contributed by atoms with E-state index in [9.17, 15) is 4.39 Å². The largest absolute Gasteiger partial charge is 0.497 e. The highest BCUT2D eigenvalue weighted by atomic mass is 19.1. The number of hydrogen-bond acceptors (Lipinski definition) is 3. The van der Waals surface area contributed by atoms with E-state index in [2.05, 4.69) is 0 Å². The van der Waals surface area contributed by atoms with Crippen LogP contribution in [0.2, 0.25) is 0 Å². The normalized spacial score (nSPS) is 8.53. The predicted molar refractivity (Wildman–Crippen MR) is 52.2 cm³/mol. The molecule has 1 aromatic rings. The molecule has 4 heteroatoms. The van der Waals surface area contributed by atoms with Crippen LogP contribution in [-0.4, -0.2) is 7.11 Å². The van der Waals surface area contributed by atoms with Crippen molar-refractivity contribution in [3.63, 3.8) is 0 Å². The summed E-state index contributed by atoms with van der Waals surface area (Å²) in [6, 6.07) is 7.51. The first kappa shape index (κ1) is 10.7. The maximum atomic E-state index is 13.3. The van der Waals surface area contributed by atoms with Gasteiger partial charge in [0.25, 0.3) is 0 Å². The Bertz CT molecular complexity index is 464. The smallest absolute Gasteiger partial charge is 0.134 e. The molecule has 0 amide bonds. The maximum Gasteiger partial charge on any atom is 0.134 e. The second kappa shape index (κ2) is 4.78. The second-order valence-corrected chi connectivity index (χ2v) is 2.67. The minimum absolute atomic E-state index is 0.140. The summed E-state index contributed by atoms with van der Waals surface area (Å²) in [5.74, 6) is -0.141. The Morgan fingerprint density at radius 2 is 2.07 bits per heavy atom. The van der Waals surface area contributed by atoms with Crippen LogP contribution in [0.4, 0.5) is 4.39 Å². The fraction of sp³-hybridized carbons (Fsp3) is 0.0909. The van der Waals surface area contributed by atoms with Gasteiger partial charge in [-0.25, -0.2) is 4.39 Å². The molecule has 0 saturated heterocycles. The molecule has 3 nitrogen and oxygen atoms in total. The van der Waals surface area contributed by atoms with Gasteiger partial charge in [0.1, 0.15) is 29.3 Å². The van der Waals surface area contributed by atoms with Crippen LogP contribution in [0.5, 0.6) is 5.75 Å². The first-order chi connectivity index (χ1) is 7.21. The maximum absolute atomic E-state index is 13.3. The molecular weight excluding hydrogens is 195 g/mol. The van der Waals surface area contributed by atoms with Gasteiger partial charge in [0.2, 0.25) is 0 Å². The van der Waals surface area contributed by atoms with Gasteiger partial charge in [-0.05, 0) is 18.2 Å². The molecule has 0 aromatic heterocycles. The molecule has 0 saturated carbocycles. The van der Waals surface area contributed by atoms with E-state index in [0.29, 0.717) is 5.75 Å². The molecule has 0 N–H and O–H groups in total. The predicted octanol–water partition coefficient (Wildman–Crippen LogP) is 2.26. The van der Waals surface area contributed by atoms with Gasteiger partial charge in [0, 0.05) is 11.6 Å². The first-order valence-corrected chi connectivity index (χ1v) is 4.06. The molecule has 74 valence electrons. The van der Waals surface area contributed by atoms with Gasteiger partial charge >= 0.3 is 0 Å². The third-order valence-electron chi connectivity index (χ3n) is 1.75. The van der Waals surface area contributed by atoms with Crippen LogP contribution in [0.25, 0.3) is 6.08 Å². The lowest BCUT2D eigenvalue weighted by molar-refractivity contribution is 0.411. The highest BCUT2D eigenvalue weighted by molar-refractivity contribution is 5.62. The van der Waals surface area contributed by atoms with Crippen LogP contribution in [0.15, 0.2) is 23.8 Å². The first-order valence-electron chi connectivity index (χ1n) is 4.06. The Labute approximate surface area is 86.6 Å². The number of nitrogens with zero attached hydrogens (tertiary/aromatic N) is 2. The van der Waals surface area contributed by atoms with E-state index in [1.54, 1.807) is 18.2 Å². The molecule has 0 heterocycles. The number of benzene rings is 1. The van der Waals surface area contributed by atoms with Crippen molar-refractivity contribution in [1.29, 1.82) is 10.5 Å². The molecule has 1 aromatic carbocycles. The van der Waals surface area contributed by atoms with Gasteiger partial charge in [-0.15, -0.1) is 0 Å². The van der Waals surface area contributed by atoms with Crippen molar-refractivity contribution in [1.82, 2.24) is 0 Å². The highest BCUT2D eigenvalue weighted by Gasteiger charge is 2.02. The average Bonchev–Trinajstić information content (AvgIpc) is 2.27. The summed E-state index contributed by atoms with van der Waals surface area (Å²) in [4.78, 5) is 0. The lowest BCUT2D eigenvalue weighted by atomic mass is 10.1. The molecule has 0 aliphatic rings. The monoisotopic (exact) mass is 202 g/mol. The summed E-state index contributed by atoms with van der Waals surface area (Å²) in [5, 5.41) is 17.0. The Balaban J connectivity index is 3.14. The standard InChI is InChI=1S/C11H7FN2O/c1-15-10-3-2-9(11(12)5-10)4-8(6-13)7-14/h2-5H,1H3. The van der Waals surface area contributed by atoms with Crippen LogP contribution in [0.3, 0.4) is 0 Å². The molecule has 0 unspecified atom stereocenters. The zero-order chi connectivity index (χ0) is 11.3. The third kappa shape index (κ3) is 2.55. The van der Waals surface area contributed by atoms with Crippen LogP contribution < -0.4 is 4.74 Å². The summed E-state index contributed by atoms with van der Waals surface area (Å²) in [5.41, 5.74) is 0.0490. The fourth-order valence-electron chi connectivity index (χ4n) is 0.997. The van der Waals surface area contributed by atoms with E-state index in [1.165, 1.54) is 25.3 Å². The van der Waals surface area contributed by atoms with E-state index >= 15 is 0 Å². The Hall–Kier alpha value is -2.33. The number of hydrogen-bond donors (Lipinski definition) is 0. The third-order valence-corrected chi connectivity index (χ3v) is 1.75. The summed E-state index contributed by atoms with van der Waals surface area (Å²) < 4.78 is 18.1. The molecule has 0 aliphatic carbocycles. The molecular formula is C11H7FN2O. The minimum atomic E-state index is -0.530.